The zero-order chi connectivity index (χ0) is 97.2. The van der Waals surface area contributed by atoms with Crippen molar-refractivity contribution in [1.29, 1.82) is 0 Å². The lowest BCUT2D eigenvalue weighted by Crippen LogP contribution is -2.46. The smallest absolute Gasteiger partial charge is 0.102 e. The molecule has 133 heavy (non-hydrogen) atoms. The van der Waals surface area contributed by atoms with Gasteiger partial charge in [0.1, 0.15) is 21.7 Å². The molecule has 0 N–H and O–H groups in total. The van der Waals surface area contributed by atoms with E-state index in [0.29, 0.717) is 0 Å². The molecule has 0 heterocycles. The van der Waals surface area contributed by atoms with Crippen molar-refractivity contribution in [3.05, 3.63) is 0 Å². The normalized spacial score (nSPS) is 40.3. The van der Waals surface area contributed by atoms with E-state index >= 15 is 0 Å². The highest BCUT2D eigenvalue weighted by molar-refractivity contribution is 6.49. The van der Waals surface area contributed by atoms with Gasteiger partial charge in [-0.3, -0.25) is 0 Å². The Morgan fingerprint density at radius 2 is 0.278 bits per heavy atom. The number of alkyl halides is 10. The number of halogens is 10. The Kier molecular flexibility index (Phi) is 56.2. The fourth-order valence-corrected chi connectivity index (χ4v) is 34.2. The minimum absolute atomic E-state index is 0.556. The van der Waals surface area contributed by atoms with E-state index in [1.54, 1.807) is 371 Å². The molecule has 0 bridgehead atoms. The van der Waals surface area contributed by atoms with Crippen molar-refractivity contribution in [3.63, 3.8) is 0 Å². The van der Waals surface area contributed by atoms with Gasteiger partial charge in [-0.15, -0.1) is 116 Å². The van der Waals surface area contributed by atoms with E-state index in [-0.39, 0.29) is 0 Å². The minimum atomic E-state index is -0.556. The number of fused-ring (bicyclic) bond motifs is 21. The van der Waals surface area contributed by atoms with Crippen LogP contribution in [0.1, 0.15) is 555 Å². The SMILES string of the molecule is C1CCC2C(C1)CC1CCCCC12.C1CCC2C(C1)CC1CCCCC12.C1CCC2C(C1)CC1CCCCC12.C1CCCC1.C1CCCC1.CC(C)(Cl)Cl.CC(C)(Cl)Cl.CC(C)(Cl)Cl.CC(C)(Cl)Cl.CC(C)(Cl)Cl.CC1C(C)C(C)C(C)C1C.CC1CC2C3CCCCC3C3CCCCC3C2C1.CC1CC2C3CCCCC3C3CCCCC3C2C1.CC1CCCC1.CCC1CCCC1. The zero-order valence-electron chi connectivity index (χ0n) is 91.0. The lowest BCUT2D eigenvalue weighted by atomic mass is 9.51. The zero-order valence-corrected chi connectivity index (χ0v) is 98.6. The second-order valence-corrected chi connectivity index (χ2v) is 63.0. The van der Waals surface area contributed by atoms with E-state index < -0.39 is 21.7 Å². The summed E-state index contributed by atoms with van der Waals surface area (Å²) in [5.41, 5.74) is 0. The highest BCUT2D eigenvalue weighted by Gasteiger charge is 2.56. The maximum Gasteiger partial charge on any atom is 0.112 e. The molecule has 0 amide bonds. The molecule has 22 fully saturated rings. The van der Waals surface area contributed by atoms with E-state index in [4.69, 9.17) is 116 Å². The first-order chi connectivity index (χ1) is 62.9. The van der Waals surface area contributed by atoms with Crippen LogP contribution in [-0.4, -0.2) is 21.7 Å². The van der Waals surface area contributed by atoms with Gasteiger partial charge in [0.25, 0.3) is 0 Å². The van der Waals surface area contributed by atoms with Crippen molar-refractivity contribution in [2.75, 3.05) is 0 Å². The molecule has 0 spiro atoms. The van der Waals surface area contributed by atoms with Gasteiger partial charge in [-0.25, -0.2) is 0 Å². The van der Waals surface area contributed by atoms with Gasteiger partial charge in [-0.2, -0.15) is 0 Å². The van der Waals surface area contributed by atoms with Gasteiger partial charge < -0.3 is 0 Å². The van der Waals surface area contributed by atoms with Gasteiger partial charge in [0.05, 0.1) is 0 Å². The molecular weight excluding hydrogens is 1830 g/mol. The third kappa shape index (κ3) is 44.7. The third-order valence-corrected chi connectivity index (χ3v) is 40.2. The lowest BCUT2D eigenvalue weighted by molar-refractivity contribution is -0.0484. The monoisotopic (exact) mass is 2050 g/mol. The Hall–Kier alpha value is 2.90. The Morgan fingerprint density at radius 1 is 0.150 bits per heavy atom. The van der Waals surface area contributed by atoms with Crippen LogP contribution in [0.4, 0.5) is 0 Å². The predicted molar refractivity (Wildman–Crippen MR) is 600 cm³/mol. The molecule has 22 saturated carbocycles. The maximum atomic E-state index is 5.30. The molecule has 0 aromatic carbocycles. The van der Waals surface area contributed by atoms with Crippen molar-refractivity contribution in [1.82, 2.24) is 0 Å². The summed E-state index contributed by atoms with van der Waals surface area (Å²) in [7, 11) is 0. The van der Waals surface area contributed by atoms with E-state index in [1.807, 2.05) is 0 Å². The summed E-state index contributed by atoms with van der Waals surface area (Å²) < 4.78 is -2.78. The summed E-state index contributed by atoms with van der Waals surface area (Å²) in [5, 5.41) is 0. The lowest BCUT2D eigenvalue weighted by Gasteiger charge is -2.54. The molecule has 784 valence electrons. The fourth-order valence-electron chi connectivity index (χ4n) is 34.2. The van der Waals surface area contributed by atoms with Crippen LogP contribution < -0.4 is 0 Å². The fraction of sp³-hybridized carbons (Fsp3) is 1.00. The van der Waals surface area contributed by atoms with Gasteiger partial charge in [0.2, 0.25) is 0 Å². The minimum Gasteiger partial charge on any atom is -0.102 e. The first-order valence-electron chi connectivity index (χ1n) is 59.8. The summed E-state index contributed by atoms with van der Waals surface area (Å²) in [6.07, 6.45) is 102. The molecule has 0 nitrogen and oxygen atoms in total. The molecule has 22 aliphatic rings. The van der Waals surface area contributed by atoms with Crippen molar-refractivity contribution in [2.45, 2.75) is 577 Å². The molecule has 22 rings (SSSR count). The Labute approximate surface area is 880 Å². The van der Waals surface area contributed by atoms with Crippen molar-refractivity contribution >= 4 is 116 Å². The molecule has 22 aliphatic carbocycles. The summed E-state index contributed by atoms with van der Waals surface area (Å²) in [4.78, 5) is 0. The van der Waals surface area contributed by atoms with E-state index in [9.17, 15) is 0 Å². The van der Waals surface area contributed by atoms with Crippen LogP contribution in [0.3, 0.4) is 0 Å². The molecule has 0 radical (unpaired) electrons. The predicted octanol–water partition coefficient (Wildman–Crippen LogP) is 45.4. The first kappa shape index (κ1) is 121. The van der Waals surface area contributed by atoms with Gasteiger partial charge in [0, 0.05) is 0 Å². The van der Waals surface area contributed by atoms with Gasteiger partial charge >= 0.3 is 0 Å². The molecule has 0 aliphatic heterocycles. The van der Waals surface area contributed by atoms with Crippen LogP contribution in [-0.2, 0) is 0 Å². The van der Waals surface area contributed by atoms with Crippen LogP contribution in [0.2, 0.25) is 0 Å². The summed E-state index contributed by atoms with van der Waals surface area (Å²) in [6.45, 7) is 38.9. The van der Waals surface area contributed by atoms with E-state index in [1.165, 1.54) is 193 Å². The molecule has 10 heteroatoms. The molecule has 24 unspecified atom stereocenters. The van der Waals surface area contributed by atoms with E-state index in [2.05, 4.69) is 62.3 Å². The van der Waals surface area contributed by atoms with Crippen molar-refractivity contribution < 1.29 is 0 Å². The summed E-state index contributed by atoms with van der Waals surface area (Å²) in [6, 6.07) is 0. The average molecular weight is 2060 g/mol. The molecule has 0 aromatic heterocycles. The van der Waals surface area contributed by atoms with Gasteiger partial charge in [-0.1, -0.05) is 351 Å². The Bertz CT molecular complexity index is 2420. The molecule has 0 saturated heterocycles. The van der Waals surface area contributed by atoms with Crippen LogP contribution in [0.15, 0.2) is 0 Å². The highest BCUT2D eigenvalue weighted by atomic mass is 35.5. The first-order valence-corrected chi connectivity index (χ1v) is 63.6. The molecule has 24 atom stereocenters. The van der Waals surface area contributed by atoms with Crippen molar-refractivity contribution in [3.8, 4) is 0 Å². The second-order valence-electron chi connectivity index (χ2n) is 52.6. The molecular formula is C123H222Cl10. The molecule has 0 aromatic rings. The Balaban J connectivity index is 0.000000180. The standard InChI is InChI=1S/2C18H30.3C13H22.C10H20.C7H14.C6H12.2C5H10.5C3H6Cl2/c2*1-12-10-17-15-8-4-2-6-13(15)14-7-3-5-9-16(14)18(17)11-12;3*1-3-7-12-10(5-1)9-11-6-2-4-8-13(11)12;1-6-7(2)9(4)10(5)8(6)3;1-2-7-5-3-4-6-7;1-6-4-2-3-5-6;2*1-2-4-5-3-1;5*1-3(2,4)5/h2*12-18H,2-11H2,1H3;3*10-13H,1-9H2;6-10H,1-5H3;7H,2-6H2,1H3;6H,2-5H2,1H3;2*1-5H2;5*1-2H3. The summed E-state index contributed by atoms with van der Waals surface area (Å²) >= 11 is 53.0. The quantitative estimate of drug-likeness (QED) is 0.230. The number of hydrogen-bond acceptors (Lipinski definition) is 0. The average Bonchev–Trinajstić information content (AvgIpc) is 1.64. The second kappa shape index (κ2) is 61.8. The number of hydrogen-bond donors (Lipinski definition) is 0. The van der Waals surface area contributed by atoms with Crippen LogP contribution in [0.25, 0.3) is 0 Å². The number of rotatable bonds is 1. The van der Waals surface area contributed by atoms with Crippen LogP contribution in [0.5, 0.6) is 0 Å². The summed E-state index contributed by atoms with van der Waals surface area (Å²) in [5.74, 6) is 36.9. The van der Waals surface area contributed by atoms with Crippen LogP contribution in [0, 0.1) is 195 Å². The highest BCUT2D eigenvalue weighted by Crippen LogP contribution is 2.65. The third-order valence-electron chi connectivity index (χ3n) is 40.2. The van der Waals surface area contributed by atoms with Crippen LogP contribution >= 0.6 is 116 Å². The largest absolute Gasteiger partial charge is 0.112 e. The topological polar surface area (TPSA) is 0 Å². The Morgan fingerprint density at radius 3 is 0.414 bits per heavy atom. The van der Waals surface area contributed by atoms with Gasteiger partial charge in [0.15, 0.2) is 0 Å². The van der Waals surface area contributed by atoms with E-state index in [0.717, 1.165) is 124 Å². The van der Waals surface area contributed by atoms with Crippen molar-refractivity contribution in [2.24, 2.45) is 195 Å². The maximum absolute atomic E-state index is 5.30. The van der Waals surface area contributed by atoms with Gasteiger partial charge in [-0.05, 0) is 399 Å².